The molecule has 0 bridgehead atoms. The van der Waals surface area contributed by atoms with Crippen LogP contribution in [0.15, 0.2) is 0 Å². The minimum atomic E-state index is -0.333. The second-order valence-corrected chi connectivity index (χ2v) is 7.79. The fourth-order valence-corrected chi connectivity index (χ4v) is 0. The largest absolute Gasteiger partial charge is 0 e. The average molecular weight is 293 g/mol. The first-order valence-electron chi connectivity index (χ1n) is 2.44. The van der Waals surface area contributed by atoms with Crippen molar-refractivity contribution in [1.29, 1.82) is 0 Å². The molecular weight excluding hydrogens is 280 g/mol. The number of hydrogen-bond donors (Lipinski definition) is 0. The van der Waals surface area contributed by atoms with E-state index in [1.54, 1.807) is 0 Å². The molecule has 0 aromatic carbocycles. The quantitative estimate of drug-likeness (QED) is 0.365. The molecule has 0 amide bonds. The summed E-state index contributed by atoms with van der Waals surface area (Å²) in [7, 11) is 0. The zero-order valence-electron chi connectivity index (χ0n) is 7.78. The van der Waals surface area contributed by atoms with Crippen molar-refractivity contribution in [2.24, 2.45) is 0 Å². The maximum Gasteiger partial charge on any atom is 0 e. The molecule has 0 spiro atoms. The fraction of sp³-hybridized carbons (Fsp3) is 0.429. The third-order valence-electron chi connectivity index (χ3n) is 0. The predicted octanol–water partition coefficient (Wildman–Crippen LogP) is 0.272. The molecule has 6 heteroatoms. The van der Waals surface area contributed by atoms with Crippen molar-refractivity contribution < 1.29 is 36.0 Å². The molecule has 0 unspecified atom stereocenters. The van der Waals surface area contributed by atoms with E-state index in [1.165, 1.54) is 0 Å². The zero-order valence-corrected chi connectivity index (χ0v) is 10.9. The van der Waals surface area contributed by atoms with E-state index >= 15 is 0 Å². The first kappa shape index (κ1) is 38.7. The average Bonchev–Trinajstić information content (AvgIpc) is 2.16. The van der Waals surface area contributed by atoms with E-state index in [4.69, 9.17) is 19.2 Å². The van der Waals surface area contributed by atoms with Gasteiger partial charge in [0.2, 0.25) is 0 Å². The molecule has 2 radical (unpaired) electrons. The molecule has 0 saturated heterocycles. The Balaban J connectivity index is -0.0000000122. The Morgan fingerprint density at radius 3 is 0.615 bits per heavy atom. The van der Waals surface area contributed by atoms with Crippen molar-refractivity contribution in [1.82, 2.24) is 0 Å². The number of rotatable bonds is 0. The summed E-state index contributed by atoms with van der Waals surface area (Å²) >= 11 is -0.333. The van der Waals surface area contributed by atoms with E-state index in [0.717, 1.165) is 0 Å². The molecule has 0 heterocycles. The second-order valence-electron chi connectivity index (χ2n) is 1.50. The van der Waals surface area contributed by atoms with Gasteiger partial charge in [-0.15, -0.1) is 0 Å². The Labute approximate surface area is 94.8 Å². The Hall–Kier alpha value is -0.271. The van der Waals surface area contributed by atoms with Gasteiger partial charge in [0.25, 0.3) is 0 Å². The van der Waals surface area contributed by atoms with Gasteiger partial charge in [-0.1, -0.05) is 0 Å². The second kappa shape index (κ2) is 181. The molecule has 4 nitrogen and oxygen atoms in total. The van der Waals surface area contributed by atoms with Gasteiger partial charge in [0.15, 0.2) is 0 Å². The van der Waals surface area contributed by atoms with Gasteiger partial charge in [-0.2, -0.15) is 0 Å². The van der Waals surface area contributed by atoms with Crippen LogP contribution in [0.1, 0.15) is 0 Å². The maximum absolute atomic E-state index is 7.75. The van der Waals surface area contributed by atoms with E-state index in [9.17, 15) is 0 Å². The van der Waals surface area contributed by atoms with E-state index in [-0.39, 0.29) is 31.1 Å². The van der Waals surface area contributed by atoms with Crippen molar-refractivity contribution >= 4 is 41.5 Å². The Bertz CT molecular complexity index is 47.0. The predicted molar refractivity (Wildman–Crippen MR) is 50.3 cm³/mol. The molecule has 0 aromatic rings. The van der Waals surface area contributed by atoms with Gasteiger partial charge < -0.3 is 19.2 Å². The molecule has 82 valence electrons. The van der Waals surface area contributed by atoms with Gasteiger partial charge in [-0.05, 0) is 0 Å². The van der Waals surface area contributed by atoms with Gasteiger partial charge >= 0.3 is 31.6 Å². The van der Waals surface area contributed by atoms with Crippen LogP contribution in [0.4, 0.5) is 0 Å². The van der Waals surface area contributed by atoms with Crippen molar-refractivity contribution in [2.45, 2.75) is 17.3 Å². The molecule has 0 rings (SSSR count). The van der Waals surface area contributed by atoms with Gasteiger partial charge in [0.05, 0.1) is 0 Å². The first-order valence-corrected chi connectivity index (χ1v) is 8.74. The molecule has 0 aromatic heterocycles. The molecule has 0 aliphatic rings. The molecule has 0 aliphatic carbocycles. The minimum absolute atomic E-state index is 0. The summed E-state index contributed by atoms with van der Waals surface area (Å²) in [5, 5.41) is 0. The van der Waals surface area contributed by atoms with Crippen LogP contribution in [0.2, 0.25) is 17.3 Å². The SMILES string of the molecule is [CH-]=O.[CH-]=O.[CH-]=O.[CH-]=O.[CH3][Ge]([CH3])[CH3].[Co]. The summed E-state index contributed by atoms with van der Waals surface area (Å²) in [6.45, 7) is 13.0. The van der Waals surface area contributed by atoms with Gasteiger partial charge in [0, 0.05) is 16.8 Å². The Morgan fingerprint density at radius 1 is 0.615 bits per heavy atom. The minimum Gasteiger partial charge on any atom is 0 e. The Morgan fingerprint density at radius 2 is 0.615 bits per heavy atom. The topological polar surface area (TPSA) is 68.3 Å². The summed E-state index contributed by atoms with van der Waals surface area (Å²) in [4.78, 5) is 31.0. The summed E-state index contributed by atoms with van der Waals surface area (Å²) in [5.74, 6) is 7.00. The maximum atomic E-state index is 7.75. The van der Waals surface area contributed by atoms with E-state index in [0.29, 0.717) is 0 Å². The van der Waals surface area contributed by atoms with Gasteiger partial charge in [0.1, 0.15) is 0 Å². The number of hydrogen-bond acceptors (Lipinski definition) is 4. The molecule has 0 fully saturated rings. The van der Waals surface area contributed by atoms with Crippen LogP contribution in [0.25, 0.3) is 0 Å². The van der Waals surface area contributed by atoms with E-state index in [1.807, 2.05) is 0 Å². The van der Waals surface area contributed by atoms with Crippen molar-refractivity contribution in [3.8, 4) is 0 Å². The van der Waals surface area contributed by atoms with Crippen LogP contribution >= 0.6 is 0 Å². The third-order valence-corrected chi connectivity index (χ3v) is 0. The molecule has 0 N–H and O–H groups in total. The molecule has 13 heavy (non-hydrogen) atoms. The molecule has 0 aliphatic heterocycles. The van der Waals surface area contributed by atoms with Crippen LogP contribution in [0.5, 0.6) is 0 Å². The summed E-state index contributed by atoms with van der Waals surface area (Å²) in [5.41, 5.74) is 0. The van der Waals surface area contributed by atoms with Crippen LogP contribution in [0, 0.1) is 0 Å². The molecule has 0 atom stereocenters. The van der Waals surface area contributed by atoms with Crippen molar-refractivity contribution in [2.75, 3.05) is 0 Å². The Kier molecular flexibility index (Phi) is 539. The van der Waals surface area contributed by atoms with Gasteiger partial charge in [-0.3, -0.25) is 27.2 Å². The van der Waals surface area contributed by atoms with Crippen LogP contribution in [-0.2, 0) is 36.0 Å². The zero-order chi connectivity index (χ0) is 11.6. The summed E-state index contributed by atoms with van der Waals surface area (Å²) in [6.07, 6.45) is 0. The van der Waals surface area contributed by atoms with E-state index in [2.05, 4.69) is 44.4 Å². The molecular formula is C7H13CoGeO4-4. The smallest absolute Gasteiger partial charge is 0 e. The van der Waals surface area contributed by atoms with Crippen LogP contribution < -0.4 is 0 Å². The van der Waals surface area contributed by atoms with Crippen molar-refractivity contribution in [3.63, 3.8) is 0 Å². The monoisotopic (exact) mass is 294 g/mol. The third kappa shape index (κ3) is 15200. The van der Waals surface area contributed by atoms with Crippen molar-refractivity contribution in [3.05, 3.63) is 0 Å². The summed E-state index contributed by atoms with van der Waals surface area (Å²) < 4.78 is 0. The van der Waals surface area contributed by atoms with E-state index < -0.39 is 0 Å². The van der Waals surface area contributed by atoms with Gasteiger partial charge in [-0.25, -0.2) is 0 Å². The normalized spacial score (nSPS) is 4.00. The number of carbonyl (C=O) groups excluding carboxylic acids is 4. The standard InChI is InChI=1S/C3H9Ge.4CHO.Co/c1-4(2)3;4*1-2;/h1-3H3;4*1H;/q;4*-1;. The molecule has 0 saturated carbocycles. The van der Waals surface area contributed by atoms with Crippen LogP contribution in [-0.4, -0.2) is 41.5 Å². The fourth-order valence-electron chi connectivity index (χ4n) is 0. The van der Waals surface area contributed by atoms with Crippen LogP contribution in [0.3, 0.4) is 0 Å². The first-order chi connectivity index (χ1) is 5.73. The summed E-state index contributed by atoms with van der Waals surface area (Å²) in [6, 6.07) is 0.